The number of aromatic hydroxyl groups is 2. The molecule has 0 saturated heterocycles. The molecular weight excluding hydrogens is 380 g/mol. The van der Waals surface area contributed by atoms with Crippen LogP contribution in [-0.2, 0) is 12.8 Å². The lowest BCUT2D eigenvalue weighted by atomic mass is 9.88. The standard InChI is InChI=1S/C25H28O5/c1-14(2)5-6-15-9-17(10-16-7-8-25(3,4)30-24(15)16)21-13-20(28)23-19(27)11-18(26)12-22(23)29-21/h5,9-12,21,26-27H,6-8,13H2,1-4H3. The molecule has 0 amide bonds. The van der Waals surface area contributed by atoms with Crippen LogP contribution >= 0.6 is 0 Å². The van der Waals surface area contributed by atoms with Gasteiger partial charge in [-0.25, -0.2) is 0 Å². The molecule has 2 N–H and O–H groups in total. The van der Waals surface area contributed by atoms with Crippen molar-refractivity contribution in [1.82, 2.24) is 0 Å². The number of carbonyl (C=O) groups is 1. The van der Waals surface area contributed by atoms with Crippen LogP contribution < -0.4 is 9.47 Å². The Kier molecular flexibility index (Phi) is 5.00. The molecule has 2 heterocycles. The number of phenolic OH excluding ortho intramolecular Hbond substituents is 2. The van der Waals surface area contributed by atoms with Crippen molar-refractivity contribution < 1.29 is 24.5 Å². The molecule has 2 aromatic rings. The lowest BCUT2D eigenvalue weighted by Crippen LogP contribution is -2.33. The Morgan fingerprint density at radius 1 is 1.20 bits per heavy atom. The molecular formula is C25H28O5. The maximum absolute atomic E-state index is 12.7. The summed E-state index contributed by atoms with van der Waals surface area (Å²) in [5, 5.41) is 19.9. The van der Waals surface area contributed by atoms with Crippen LogP contribution in [0.2, 0.25) is 0 Å². The molecule has 5 heteroatoms. The molecule has 0 saturated carbocycles. The van der Waals surface area contributed by atoms with Gasteiger partial charge in [0, 0.05) is 12.1 Å². The van der Waals surface area contributed by atoms with Crippen molar-refractivity contribution in [3.05, 3.63) is 58.2 Å². The fraction of sp³-hybridized carbons (Fsp3) is 0.400. The van der Waals surface area contributed by atoms with Gasteiger partial charge in [-0.15, -0.1) is 0 Å². The monoisotopic (exact) mass is 408 g/mol. The minimum absolute atomic E-state index is 0.134. The van der Waals surface area contributed by atoms with E-state index in [-0.39, 0.29) is 40.6 Å². The average Bonchev–Trinajstić information content (AvgIpc) is 2.64. The number of phenols is 2. The van der Waals surface area contributed by atoms with Gasteiger partial charge < -0.3 is 19.7 Å². The Labute approximate surface area is 177 Å². The second-order valence-electron chi connectivity index (χ2n) is 9.09. The SMILES string of the molecule is CC(C)=CCc1cc(C2CC(=O)c3c(O)cc(O)cc3O2)cc2c1OC(C)(C)CC2. The predicted octanol–water partition coefficient (Wildman–Crippen LogP) is 5.42. The number of rotatable bonds is 3. The molecule has 0 fully saturated rings. The van der Waals surface area contributed by atoms with Crippen LogP contribution in [0.25, 0.3) is 0 Å². The van der Waals surface area contributed by atoms with Gasteiger partial charge in [-0.2, -0.15) is 0 Å². The molecule has 0 spiro atoms. The van der Waals surface area contributed by atoms with E-state index < -0.39 is 6.10 Å². The molecule has 2 aliphatic rings. The van der Waals surface area contributed by atoms with Crippen molar-refractivity contribution >= 4 is 5.78 Å². The zero-order chi connectivity index (χ0) is 21.6. The van der Waals surface area contributed by atoms with Gasteiger partial charge in [0.2, 0.25) is 0 Å². The molecule has 0 radical (unpaired) electrons. The number of benzene rings is 2. The summed E-state index contributed by atoms with van der Waals surface area (Å²) >= 11 is 0. The number of ether oxygens (including phenoxy) is 2. The number of allylic oxidation sites excluding steroid dienone is 2. The zero-order valence-corrected chi connectivity index (χ0v) is 17.9. The molecule has 1 atom stereocenters. The molecule has 4 rings (SSSR count). The Morgan fingerprint density at radius 3 is 2.70 bits per heavy atom. The minimum atomic E-state index is -0.475. The van der Waals surface area contributed by atoms with Crippen LogP contribution in [-0.4, -0.2) is 21.6 Å². The third-order valence-corrected chi connectivity index (χ3v) is 5.73. The molecule has 30 heavy (non-hydrogen) atoms. The van der Waals surface area contributed by atoms with Gasteiger partial charge in [0.1, 0.15) is 40.3 Å². The number of hydrogen-bond donors (Lipinski definition) is 2. The number of carbonyl (C=O) groups excluding carboxylic acids is 1. The highest BCUT2D eigenvalue weighted by Crippen LogP contribution is 2.44. The van der Waals surface area contributed by atoms with Crippen LogP contribution in [0.4, 0.5) is 0 Å². The summed E-state index contributed by atoms with van der Waals surface area (Å²) in [5.74, 6) is 0.573. The van der Waals surface area contributed by atoms with E-state index in [1.54, 1.807) is 0 Å². The fourth-order valence-electron chi connectivity index (χ4n) is 4.12. The smallest absolute Gasteiger partial charge is 0.174 e. The first kappa shape index (κ1) is 20.3. The van der Waals surface area contributed by atoms with E-state index in [0.717, 1.165) is 47.8 Å². The number of hydrogen-bond acceptors (Lipinski definition) is 5. The first-order chi connectivity index (χ1) is 14.1. The van der Waals surface area contributed by atoms with E-state index in [4.69, 9.17) is 9.47 Å². The molecule has 0 aromatic heterocycles. The van der Waals surface area contributed by atoms with Gasteiger partial charge in [-0.1, -0.05) is 11.6 Å². The molecule has 5 nitrogen and oxygen atoms in total. The first-order valence-electron chi connectivity index (χ1n) is 10.4. The molecule has 2 aliphatic heterocycles. The third-order valence-electron chi connectivity index (χ3n) is 5.73. The Balaban J connectivity index is 1.75. The van der Waals surface area contributed by atoms with Crippen LogP contribution in [0.15, 0.2) is 35.9 Å². The number of Topliss-reactive ketones (excluding diaryl/α,β-unsaturated/α-hetero) is 1. The van der Waals surface area contributed by atoms with E-state index in [1.165, 1.54) is 11.6 Å². The largest absolute Gasteiger partial charge is 0.508 e. The maximum Gasteiger partial charge on any atom is 0.174 e. The second kappa shape index (κ2) is 7.38. The molecule has 0 aliphatic carbocycles. The zero-order valence-electron chi connectivity index (χ0n) is 17.9. The first-order valence-corrected chi connectivity index (χ1v) is 10.4. The Hall–Kier alpha value is -2.95. The van der Waals surface area contributed by atoms with Gasteiger partial charge in [0.25, 0.3) is 0 Å². The second-order valence-corrected chi connectivity index (χ2v) is 9.09. The van der Waals surface area contributed by atoms with Crippen LogP contribution in [0.3, 0.4) is 0 Å². The number of fused-ring (bicyclic) bond motifs is 2. The summed E-state index contributed by atoms with van der Waals surface area (Å²) in [6.45, 7) is 8.35. The lowest BCUT2D eigenvalue weighted by molar-refractivity contribution is 0.0823. The maximum atomic E-state index is 12.7. The van der Waals surface area contributed by atoms with E-state index >= 15 is 0 Å². The Morgan fingerprint density at radius 2 is 1.97 bits per heavy atom. The van der Waals surface area contributed by atoms with E-state index in [1.807, 2.05) is 0 Å². The third kappa shape index (κ3) is 3.89. The van der Waals surface area contributed by atoms with Gasteiger partial charge in [0.15, 0.2) is 5.78 Å². The quantitative estimate of drug-likeness (QED) is 0.664. The highest BCUT2D eigenvalue weighted by atomic mass is 16.5. The van der Waals surface area contributed by atoms with E-state index in [0.29, 0.717) is 0 Å². The van der Waals surface area contributed by atoms with Crippen molar-refractivity contribution in [1.29, 1.82) is 0 Å². The molecule has 1 unspecified atom stereocenters. The highest BCUT2D eigenvalue weighted by molar-refractivity contribution is 6.02. The molecule has 158 valence electrons. The normalized spacial score (nSPS) is 19.2. The highest BCUT2D eigenvalue weighted by Gasteiger charge is 2.33. The molecule has 2 aromatic carbocycles. The van der Waals surface area contributed by atoms with Crippen molar-refractivity contribution in [2.24, 2.45) is 0 Å². The summed E-state index contributed by atoms with van der Waals surface area (Å²) in [4.78, 5) is 12.7. The lowest BCUT2D eigenvalue weighted by Gasteiger charge is -2.35. The fourth-order valence-corrected chi connectivity index (χ4v) is 4.12. The summed E-state index contributed by atoms with van der Waals surface area (Å²) in [6, 6.07) is 6.68. The van der Waals surface area contributed by atoms with Crippen molar-refractivity contribution in [2.75, 3.05) is 0 Å². The molecule has 0 bridgehead atoms. The number of ketones is 1. The van der Waals surface area contributed by atoms with Crippen molar-refractivity contribution in [2.45, 2.75) is 65.1 Å². The number of aryl methyl sites for hydroxylation is 1. The topological polar surface area (TPSA) is 76.0 Å². The van der Waals surface area contributed by atoms with Crippen LogP contribution in [0.1, 0.15) is 73.7 Å². The van der Waals surface area contributed by atoms with Gasteiger partial charge in [-0.05, 0) is 75.8 Å². The van der Waals surface area contributed by atoms with E-state index in [9.17, 15) is 15.0 Å². The van der Waals surface area contributed by atoms with E-state index in [2.05, 4.69) is 45.9 Å². The van der Waals surface area contributed by atoms with Crippen molar-refractivity contribution in [3.8, 4) is 23.0 Å². The van der Waals surface area contributed by atoms with Crippen LogP contribution in [0.5, 0.6) is 23.0 Å². The summed E-state index contributed by atoms with van der Waals surface area (Å²) in [7, 11) is 0. The summed E-state index contributed by atoms with van der Waals surface area (Å²) < 4.78 is 12.4. The summed E-state index contributed by atoms with van der Waals surface area (Å²) in [5.41, 5.74) is 4.28. The summed E-state index contributed by atoms with van der Waals surface area (Å²) in [6.07, 6.45) is 4.39. The van der Waals surface area contributed by atoms with Gasteiger partial charge >= 0.3 is 0 Å². The minimum Gasteiger partial charge on any atom is -0.508 e. The van der Waals surface area contributed by atoms with Crippen molar-refractivity contribution in [3.63, 3.8) is 0 Å². The Bertz CT molecular complexity index is 1040. The average molecular weight is 408 g/mol. The predicted molar refractivity (Wildman–Crippen MR) is 115 cm³/mol. The van der Waals surface area contributed by atoms with Gasteiger partial charge in [0.05, 0.1) is 6.42 Å². The van der Waals surface area contributed by atoms with Crippen LogP contribution in [0, 0.1) is 0 Å². The van der Waals surface area contributed by atoms with Gasteiger partial charge in [-0.3, -0.25) is 4.79 Å².